The highest BCUT2D eigenvalue weighted by atomic mass is 35.5. The van der Waals surface area contributed by atoms with Gasteiger partial charge in [0.1, 0.15) is 40.9 Å². The maximum absolute atomic E-state index is 13.4. The van der Waals surface area contributed by atoms with Gasteiger partial charge in [-0.1, -0.05) is 24.4 Å². The normalized spacial score (nSPS) is 17.2. The molecule has 1 aromatic carbocycles. The van der Waals surface area contributed by atoms with Gasteiger partial charge >= 0.3 is 0 Å². The number of anilines is 1. The number of nitrogens with one attached hydrogen (secondary N) is 2. The Hall–Kier alpha value is -3.08. The Labute approximate surface area is 234 Å². The summed E-state index contributed by atoms with van der Waals surface area (Å²) >= 11 is 7.36. The van der Waals surface area contributed by atoms with Crippen LogP contribution in [0.2, 0.25) is 5.02 Å². The minimum Gasteiger partial charge on any atom is -0.486 e. The molecule has 1 aliphatic heterocycles. The van der Waals surface area contributed by atoms with Crippen LogP contribution in [-0.4, -0.2) is 50.5 Å². The molecule has 2 aliphatic rings. The van der Waals surface area contributed by atoms with Crippen molar-refractivity contribution in [3.63, 3.8) is 0 Å². The molecule has 4 heterocycles. The Morgan fingerprint density at radius 1 is 1.15 bits per heavy atom. The SMILES string of the molecule is O=c1[nH]c(COc2ccc(F)c(Cl)c2)nc2c(-c3csc(NCC4CCN(C5CCCC5)CC4)n3)nccc12. The van der Waals surface area contributed by atoms with E-state index in [0.29, 0.717) is 39.8 Å². The number of halogens is 2. The number of likely N-dealkylation sites (tertiary alicyclic amines) is 1. The van der Waals surface area contributed by atoms with Gasteiger partial charge in [-0.15, -0.1) is 11.3 Å². The summed E-state index contributed by atoms with van der Waals surface area (Å²) in [6, 6.07) is 6.52. The highest BCUT2D eigenvalue weighted by Crippen LogP contribution is 2.30. The smallest absolute Gasteiger partial charge is 0.258 e. The maximum Gasteiger partial charge on any atom is 0.258 e. The molecule has 1 aliphatic carbocycles. The van der Waals surface area contributed by atoms with E-state index in [1.807, 2.05) is 5.38 Å². The summed E-state index contributed by atoms with van der Waals surface area (Å²) in [5, 5.41) is 6.68. The predicted molar refractivity (Wildman–Crippen MR) is 152 cm³/mol. The molecule has 1 saturated heterocycles. The first-order valence-electron chi connectivity index (χ1n) is 13.4. The van der Waals surface area contributed by atoms with Gasteiger partial charge in [-0.25, -0.2) is 14.4 Å². The quantitative estimate of drug-likeness (QED) is 0.274. The minimum atomic E-state index is -0.529. The van der Waals surface area contributed by atoms with Crippen molar-refractivity contribution < 1.29 is 9.13 Å². The van der Waals surface area contributed by atoms with Crippen LogP contribution >= 0.6 is 22.9 Å². The molecule has 6 rings (SSSR count). The van der Waals surface area contributed by atoms with Crippen LogP contribution in [-0.2, 0) is 6.61 Å². The Morgan fingerprint density at radius 3 is 2.77 bits per heavy atom. The molecule has 0 radical (unpaired) electrons. The maximum atomic E-state index is 13.4. The number of nitrogens with zero attached hydrogens (tertiary/aromatic N) is 4. The summed E-state index contributed by atoms with van der Waals surface area (Å²) in [6.45, 7) is 3.27. The van der Waals surface area contributed by atoms with Gasteiger partial charge in [0.15, 0.2) is 5.13 Å². The minimum absolute atomic E-state index is 0.0229. The number of pyridine rings is 1. The van der Waals surface area contributed by atoms with Gasteiger partial charge in [-0.3, -0.25) is 9.78 Å². The second-order valence-electron chi connectivity index (χ2n) is 10.3. The Morgan fingerprint density at radius 2 is 1.97 bits per heavy atom. The van der Waals surface area contributed by atoms with Gasteiger partial charge in [-0.2, -0.15) is 0 Å². The summed E-state index contributed by atoms with van der Waals surface area (Å²) in [5.74, 6) is 0.804. The van der Waals surface area contributed by atoms with Crippen molar-refractivity contribution in [2.75, 3.05) is 25.0 Å². The number of H-pyrrole nitrogens is 1. The van der Waals surface area contributed by atoms with E-state index in [2.05, 4.69) is 25.2 Å². The van der Waals surface area contributed by atoms with Crippen LogP contribution in [0.15, 0.2) is 40.6 Å². The lowest BCUT2D eigenvalue weighted by Gasteiger charge is -2.36. The number of hydrogen-bond donors (Lipinski definition) is 2. The molecule has 204 valence electrons. The lowest BCUT2D eigenvalue weighted by Crippen LogP contribution is -2.41. The highest BCUT2D eigenvalue weighted by molar-refractivity contribution is 7.14. The highest BCUT2D eigenvalue weighted by Gasteiger charge is 2.27. The first kappa shape index (κ1) is 26.2. The summed E-state index contributed by atoms with van der Waals surface area (Å²) in [4.78, 5) is 32.1. The molecular formula is C28H30ClFN6O2S. The fourth-order valence-corrected chi connectivity index (χ4v) is 6.45. The molecule has 0 spiro atoms. The van der Waals surface area contributed by atoms with E-state index in [0.717, 1.165) is 17.7 Å². The number of aromatic amines is 1. The number of piperidine rings is 1. The number of thiazole rings is 1. The van der Waals surface area contributed by atoms with Crippen molar-refractivity contribution in [2.24, 2.45) is 5.92 Å². The number of ether oxygens (including phenoxy) is 1. The monoisotopic (exact) mass is 568 g/mol. The van der Waals surface area contributed by atoms with E-state index < -0.39 is 5.82 Å². The van der Waals surface area contributed by atoms with Crippen LogP contribution in [0.5, 0.6) is 5.75 Å². The van der Waals surface area contributed by atoms with Crippen molar-refractivity contribution in [1.29, 1.82) is 0 Å². The van der Waals surface area contributed by atoms with Crippen LogP contribution in [0.4, 0.5) is 9.52 Å². The van der Waals surface area contributed by atoms with Crippen LogP contribution in [0.25, 0.3) is 22.3 Å². The van der Waals surface area contributed by atoms with Crippen molar-refractivity contribution >= 4 is 39.0 Å². The van der Waals surface area contributed by atoms with Crippen LogP contribution in [0, 0.1) is 11.7 Å². The second kappa shape index (κ2) is 11.6. The molecule has 3 aromatic heterocycles. The van der Waals surface area contributed by atoms with Crippen molar-refractivity contribution in [3.05, 3.63) is 62.9 Å². The van der Waals surface area contributed by atoms with E-state index in [4.69, 9.17) is 21.3 Å². The molecular weight excluding hydrogens is 539 g/mol. The number of fused-ring (bicyclic) bond motifs is 1. The van der Waals surface area contributed by atoms with Gasteiger partial charge in [0.05, 0.1) is 10.4 Å². The summed E-state index contributed by atoms with van der Waals surface area (Å²) in [5.41, 5.74) is 1.36. The fourth-order valence-electron chi connectivity index (χ4n) is 5.57. The molecule has 8 nitrogen and oxygen atoms in total. The lowest BCUT2D eigenvalue weighted by molar-refractivity contribution is 0.138. The van der Waals surface area contributed by atoms with Crippen molar-refractivity contribution in [3.8, 4) is 17.1 Å². The standard InChI is InChI=1S/C28H30ClFN6O2S/c29-21-13-19(5-6-22(21)30)38-15-24-34-25-20(27(37)35-24)7-10-31-26(25)23-16-39-28(33-23)32-14-17-8-11-36(12-9-17)18-3-1-2-4-18/h5-7,10,13,16-18H,1-4,8-9,11-12,14-15H2,(H,32,33)(H,34,35,37). The first-order valence-corrected chi connectivity index (χ1v) is 14.7. The molecule has 2 fully saturated rings. The number of rotatable bonds is 8. The lowest BCUT2D eigenvalue weighted by atomic mass is 9.95. The third-order valence-corrected chi connectivity index (χ3v) is 8.81. The third kappa shape index (κ3) is 5.92. The van der Waals surface area contributed by atoms with E-state index in [-0.39, 0.29) is 17.2 Å². The fraction of sp³-hybridized carbons (Fsp3) is 0.429. The largest absolute Gasteiger partial charge is 0.486 e. The average Bonchev–Trinajstić information content (AvgIpc) is 3.66. The van der Waals surface area contributed by atoms with E-state index in [9.17, 15) is 9.18 Å². The van der Waals surface area contributed by atoms with Gasteiger partial charge < -0.3 is 19.9 Å². The van der Waals surface area contributed by atoms with Crippen molar-refractivity contribution in [1.82, 2.24) is 24.8 Å². The molecule has 0 unspecified atom stereocenters. The van der Waals surface area contributed by atoms with Crippen LogP contribution < -0.4 is 15.6 Å². The number of benzene rings is 1. The third-order valence-electron chi connectivity index (χ3n) is 7.72. The zero-order valence-electron chi connectivity index (χ0n) is 21.5. The molecule has 1 saturated carbocycles. The number of aromatic nitrogens is 4. The summed E-state index contributed by atoms with van der Waals surface area (Å²) < 4.78 is 19.1. The van der Waals surface area contributed by atoms with Crippen molar-refractivity contribution in [2.45, 2.75) is 51.2 Å². The molecule has 2 N–H and O–H groups in total. The Bertz CT molecular complexity index is 1510. The molecule has 0 amide bonds. The van der Waals surface area contributed by atoms with Gasteiger partial charge in [0.25, 0.3) is 5.56 Å². The van der Waals surface area contributed by atoms with Gasteiger partial charge in [0, 0.05) is 30.2 Å². The average molecular weight is 569 g/mol. The second-order valence-corrected chi connectivity index (χ2v) is 11.5. The molecule has 4 aromatic rings. The predicted octanol–water partition coefficient (Wildman–Crippen LogP) is 5.88. The van der Waals surface area contributed by atoms with E-state index >= 15 is 0 Å². The molecule has 11 heteroatoms. The van der Waals surface area contributed by atoms with E-state index in [1.54, 1.807) is 12.3 Å². The van der Waals surface area contributed by atoms with Gasteiger partial charge in [-0.05, 0) is 62.9 Å². The topological polar surface area (TPSA) is 96.0 Å². The first-order chi connectivity index (χ1) is 19.0. The number of hydrogen-bond acceptors (Lipinski definition) is 8. The molecule has 39 heavy (non-hydrogen) atoms. The summed E-state index contributed by atoms with van der Waals surface area (Å²) in [6.07, 6.45) is 9.53. The molecule has 0 bridgehead atoms. The van der Waals surface area contributed by atoms with Gasteiger partial charge in [0.2, 0.25) is 0 Å². The summed E-state index contributed by atoms with van der Waals surface area (Å²) in [7, 11) is 0. The molecule has 0 atom stereocenters. The van der Waals surface area contributed by atoms with Crippen LogP contribution in [0.3, 0.4) is 0 Å². The zero-order chi connectivity index (χ0) is 26.8. The van der Waals surface area contributed by atoms with E-state index in [1.165, 1.54) is 81.2 Å². The Kier molecular flexibility index (Phi) is 7.76. The van der Waals surface area contributed by atoms with Crippen LogP contribution in [0.1, 0.15) is 44.3 Å². The Balaban J connectivity index is 1.13. The zero-order valence-corrected chi connectivity index (χ0v) is 23.0.